The fourth-order valence-corrected chi connectivity index (χ4v) is 3.27. The molecule has 140 valence electrons. The molecule has 0 unspecified atom stereocenters. The predicted molar refractivity (Wildman–Crippen MR) is 98.1 cm³/mol. The number of carbonyl (C=O) groups excluding carboxylic acids is 2. The van der Waals surface area contributed by atoms with Gasteiger partial charge in [-0.25, -0.2) is 9.59 Å². The number of fused-ring (bicyclic) bond motifs is 1. The lowest BCUT2D eigenvalue weighted by molar-refractivity contribution is -0.110. The quantitative estimate of drug-likeness (QED) is 0.562. The van der Waals surface area contributed by atoms with E-state index in [2.05, 4.69) is 10.3 Å². The Morgan fingerprint density at radius 2 is 1.85 bits per heavy atom. The number of carboxylic acids is 1. The highest BCUT2D eigenvalue weighted by Crippen LogP contribution is 2.40. The molecule has 2 heterocycles. The molecule has 1 aliphatic heterocycles. The molecule has 3 N–H and O–H groups in total. The molecule has 0 fully saturated rings. The number of carbonyl (C=O) groups is 3. The molecule has 8 heteroatoms. The van der Waals surface area contributed by atoms with Crippen LogP contribution in [0.5, 0.6) is 5.75 Å². The van der Waals surface area contributed by atoms with Gasteiger partial charge in [-0.3, -0.25) is 4.79 Å². The van der Waals surface area contributed by atoms with Crippen molar-refractivity contribution in [1.29, 1.82) is 0 Å². The molecule has 1 aromatic heterocycles. The summed E-state index contributed by atoms with van der Waals surface area (Å²) in [5.74, 6) is -1.84. The van der Waals surface area contributed by atoms with Crippen LogP contribution >= 0.6 is 0 Å². The predicted octanol–water partition coefficient (Wildman–Crippen LogP) is 2.62. The molecule has 0 saturated carbocycles. The number of hydrogen-bond donors (Lipinski definition) is 3. The molecule has 27 heavy (non-hydrogen) atoms. The molecule has 0 radical (unpaired) electrons. The second-order valence-electron chi connectivity index (χ2n) is 6.04. The van der Waals surface area contributed by atoms with E-state index in [0.717, 1.165) is 0 Å². The van der Waals surface area contributed by atoms with E-state index in [0.29, 0.717) is 28.2 Å². The van der Waals surface area contributed by atoms with Gasteiger partial charge in [0.05, 0.1) is 31.0 Å². The number of aryl methyl sites for hydroxylation is 1. The molecule has 0 bridgehead atoms. The standard InChI is InChI=1S/C19H18N2O6/c1-8-12(20-9(2)14(8)18(23)24)7-10-15-11(21-17(10)22)5-6-13(26-3)16(15)19(25)27-4/h5-7,20H,1-4H3,(H,21,22)(H,23,24)/b10-7-. The van der Waals surface area contributed by atoms with Crippen LogP contribution in [0.2, 0.25) is 0 Å². The Morgan fingerprint density at radius 1 is 1.15 bits per heavy atom. The van der Waals surface area contributed by atoms with Crippen LogP contribution in [0.1, 0.15) is 43.2 Å². The van der Waals surface area contributed by atoms with Gasteiger partial charge in [0, 0.05) is 17.0 Å². The molecular weight excluding hydrogens is 352 g/mol. The van der Waals surface area contributed by atoms with Crippen molar-refractivity contribution >= 4 is 35.2 Å². The third-order valence-electron chi connectivity index (χ3n) is 4.52. The van der Waals surface area contributed by atoms with Gasteiger partial charge in [-0.1, -0.05) is 0 Å². The summed E-state index contributed by atoms with van der Waals surface area (Å²) in [6, 6.07) is 3.20. The zero-order valence-corrected chi connectivity index (χ0v) is 15.2. The number of amides is 1. The second kappa shape index (κ2) is 6.64. The van der Waals surface area contributed by atoms with Gasteiger partial charge in [0.25, 0.3) is 5.91 Å². The van der Waals surface area contributed by atoms with E-state index in [1.54, 1.807) is 26.0 Å². The number of aromatic carboxylic acids is 1. The summed E-state index contributed by atoms with van der Waals surface area (Å²) in [5, 5.41) is 12.1. The second-order valence-corrected chi connectivity index (χ2v) is 6.04. The highest BCUT2D eigenvalue weighted by molar-refractivity contribution is 6.36. The van der Waals surface area contributed by atoms with E-state index in [1.807, 2.05) is 0 Å². The summed E-state index contributed by atoms with van der Waals surface area (Å²) in [5.41, 5.74) is 2.75. The van der Waals surface area contributed by atoms with Gasteiger partial charge >= 0.3 is 11.9 Å². The minimum absolute atomic E-state index is 0.126. The van der Waals surface area contributed by atoms with Crippen LogP contribution in [-0.4, -0.2) is 42.2 Å². The third-order valence-corrected chi connectivity index (χ3v) is 4.52. The molecule has 1 aliphatic rings. The maximum Gasteiger partial charge on any atom is 0.342 e. The van der Waals surface area contributed by atoms with Gasteiger partial charge in [-0.05, 0) is 37.6 Å². The Morgan fingerprint density at radius 3 is 2.41 bits per heavy atom. The average Bonchev–Trinajstić information content (AvgIpc) is 3.09. The maximum absolute atomic E-state index is 12.5. The van der Waals surface area contributed by atoms with Gasteiger partial charge in [-0.15, -0.1) is 0 Å². The van der Waals surface area contributed by atoms with E-state index >= 15 is 0 Å². The number of esters is 1. The highest BCUT2D eigenvalue weighted by atomic mass is 16.5. The van der Waals surface area contributed by atoms with E-state index in [1.165, 1.54) is 20.3 Å². The maximum atomic E-state index is 12.5. The molecule has 8 nitrogen and oxygen atoms in total. The molecule has 0 aliphatic carbocycles. The first-order chi connectivity index (χ1) is 12.8. The van der Waals surface area contributed by atoms with Crippen LogP contribution < -0.4 is 10.1 Å². The Hall–Kier alpha value is -3.55. The summed E-state index contributed by atoms with van der Waals surface area (Å²) in [6.45, 7) is 3.30. The Labute approximate surface area is 154 Å². The molecule has 1 aromatic carbocycles. The number of ether oxygens (including phenoxy) is 2. The van der Waals surface area contributed by atoms with Crippen molar-refractivity contribution in [3.63, 3.8) is 0 Å². The zero-order valence-electron chi connectivity index (χ0n) is 15.2. The molecule has 0 spiro atoms. The number of methoxy groups -OCH3 is 2. The largest absolute Gasteiger partial charge is 0.496 e. The number of nitrogens with one attached hydrogen (secondary N) is 2. The minimum atomic E-state index is -1.06. The van der Waals surface area contributed by atoms with Gasteiger partial charge in [-0.2, -0.15) is 0 Å². The van der Waals surface area contributed by atoms with Crippen molar-refractivity contribution in [2.24, 2.45) is 0 Å². The van der Waals surface area contributed by atoms with Crippen molar-refractivity contribution < 1.29 is 29.0 Å². The highest BCUT2D eigenvalue weighted by Gasteiger charge is 2.33. The Bertz CT molecular complexity index is 1020. The summed E-state index contributed by atoms with van der Waals surface area (Å²) >= 11 is 0. The number of rotatable bonds is 4. The topological polar surface area (TPSA) is 118 Å². The number of anilines is 1. The lowest BCUT2D eigenvalue weighted by Crippen LogP contribution is -2.08. The summed E-state index contributed by atoms with van der Waals surface area (Å²) in [4.78, 5) is 39.3. The van der Waals surface area contributed by atoms with Crippen molar-refractivity contribution in [3.05, 3.63) is 45.8 Å². The van der Waals surface area contributed by atoms with Gasteiger partial charge in [0.1, 0.15) is 11.3 Å². The summed E-state index contributed by atoms with van der Waals surface area (Å²) < 4.78 is 10.1. The van der Waals surface area contributed by atoms with Crippen LogP contribution in [-0.2, 0) is 9.53 Å². The smallest absolute Gasteiger partial charge is 0.342 e. The van der Waals surface area contributed by atoms with E-state index in [-0.39, 0.29) is 22.4 Å². The number of H-pyrrole nitrogens is 1. The van der Waals surface area contributed by atoms with Gasteiger partial charge < -0.3 is 24.9 Å². The zero-order chi connectivity index (χ0) is 19.9. The molecular formula is C19H18N2O6. The van der Waals surface area contributed by atoms with Crippen molar-refractivity contribution in [1.82, 2.24) is 4.98 Å². The number of benzene rings is 1. The normalized spacial score (nSPS) is 14.1. The molecule has 3 rings (SSSR count). The fourth-order valence-electron chi connectivity index (χ4n) is 3.27. The first kappa shape index (κ1) is 18.2. The lowest BCUT2D eigenvalue weighted by Gasteiger charge is -2.11. The fraction of sp³-hybridized carbons (Fsp3) is 0.211. The van der Waals surface area contributed by atoms with Crippen molar-refractivity contribution in [2.45, 2.75) is 13.8 Å². The van der Waals surface area contributed by atoms with Crippen LogP contribution in [0.25, 0.3) is 11.6 Å². The first-order valence-electron chi connectivity index (χ1n) is 8.05. The summed E-state index contributed by atoms with van der Waals surface area (Å²) in [6.07, 6.45) is 1.53. The number of aromatic nitrogens is 1. The molecule has 0 saturated heterocycles. The van der Waals surface area contributed by atoms with Crippen LogP contribution in [0, 0.1) is 13.8 Å². The SMILES string of the molecule is COC(=O)c1c(OC)ccc2c1/C(=C/c1[nH]c(C)c(C(=O)O)c1C)C(=O)N2. The number of aromatic amines is 1. The Balaban J connectivity index is 2.26. The monoisotopic (exact) mass is 370 g/mol. The number of hydrogen-bond acceptors (Lipinski definition) is 5. The van der Waals surface area contributed by atoms with Gasteiger partial charge in [0.2, 0.25) is 0 Å². The summed E-state index contributed by atoms with van der Waals surface area (Å²) in [7, 11) is 2.66. The van der Waals surface area contributed by atoms with E-state index in [9.17, 15) is 19.5 Å². The number of carboxylic acid groups (broad SMARTS) is 1. The third kappa shape index (κ3) is 2.84. The van der Waals surface area contributed by atoms with Crippen molar-refractivity contribution in [3.8, 4) is 5.75 Å². The van der Waals surface area contributed by atoms with Crippen LogP contribution in [0.3, 0.4) is 0 Å². The molecule has 2 aromatic rings. The Kier molecular flexibility index (Phi) is 4.49. The van der Waals surface area contributed by atoms with Gasteiger partial charge in [0.15, 0.2) is 0 Å². The van der Waals surface area contributed by atoms with E-state index < -0.39 is 17.8 Å². The van der Waals surface area contributed by atoms with Crippen molar-refractivity contribution in [2.75, 3.05) is 19.5 Å². The van der Waals surface area contributed by atoms with E-state index in [4.69, 9.17) is 9.47 Å². The minimum Gasteiger partial charge on any atom is -0.496 e. The molecule has 0 atom stereocenters. The molecule has 1 amide bonds. The van der Waals surface area contributed by atoms with Crippen LogP contribution in [0.4, 0.5) is 5.69 Å². The first-order valence-corrected chi connectivity index (χ1v) is 8.05. The lowest BCUT2D eigenvalue weighted by atomic mass is 9.98. The van der Waals surface area contributed by atoms with Crippen LogP contribution in [0.15, 0.2) is 12.1 Å². The average molecular weight is 370 g/mol.